The van der Waals surface area contributed by atoms with Gasteiger partial charge in [0, 0.05) is 30.1 Å². The first-order valence-corrected chi connectivity index (χ1v) is 6.00. The number of benzene rings is 1. The average molecular weight is 236 g/mol. The van der Waals surface area contributed by atoms with Gasteiger partial charge in [-0.3, -0.25) is 0 Å². The number of imidazole rings is 1. The lowest BCUT2D eigenvalue weighted by molar-refractivity contribution is 0.724. The van der Waals surface area contributed by atoms with Crippen molar-refractivity contribution in [1.82, 2.24) is 14.9 Å². The van der Waals surface area contributed by atoms with Gasteiger partial charge in [-0.25, -0.2) is 9.98 Å². The molecule has 2 aliphatic rings. The van der Waals surface area contributed by atoms with Crippen molar-refractivity contribution >= 4 is 6.34 Å². The van der Waals surface area contributed by atoms with Gasteiger partial charge in [0.2, 0.25) is 0 Å². The molecule has 0 saturated heterocycles. The molecule has 0 spiro atoms. The average Bonchev–Trinajstić information content (AvgIpc) is 2.83. The van der Waals surface area contributed by atoms with E-state index in [-0.39, 0.29) is 6.04 Å². The molecule has 4 rings (SSSR count). The molecule has 4 nitrogen and oxygen atoms in total. The molecule has 0 aliphatic carbocycles. The largest absolute Gasteiger partial charge is 0.365 e. The van der Waals surface area contributed by atoms with E-state index in [4.69, 9.17) is 0 Å². The zero-order valence-corrected chi connectivity index (χ0v) is 9.74. The first-order chi connectivity index (χ1) is 8.93. The second-order valence-electron chi connectivity index (χ2n) is 4.57. The van der Waals surface area contributed by atoms with Gasteiger partial charge in [-0.05, 0) is 11.6 Å². The highest BCUT2D eigenvalue weighted by molar-refractivity contribution is 5.62. The summed E-state index contributed by atoms with van der Waals surface area (Å²) in [5, 5.41) is 3.35. The summed E-state index contributed by atoms with van der Waals surface area (Å²) < 4.78 is 2.16. The lowest BCUT2D eigenvalue weighted by Gasteiger charge is -2.22. The third-order valence-electron chi connectivity index (χ3n) is 3.53. The van der Waals surface area contributed by atoms with Gasteiger partial charge >= 0.3 is 0 Å². The first-order valence-electron chi connectivity index (χ1n) is 6.00. The highest BCUT2D eigenvalue weighted by Gasteiger charge is 2.26. The maximum Gasteiger partial charge on any atom is 0.0994 e. The zero-order chi connectivity index (χ0) is 11.9. The van der Waals surface area contributed by atoms with Crippen LogP contribution in [0.1, 0.15) is 17.3 Å². The third-order valence-corrected chi connectivity index (χ3v) is 3.53. The van der Waals surface area contributed by atoms with Crippen LogP contribution < -0.4 is 5.32 Å². The summed E-state index contributed by atoms with van der Waals surface area (Å²) in [6.07, 6.45) is 8.42. The van der Waals surface area contributed by atoms with Crippen molar-refractivity contribution < 1.29 is 0 Å². The molecule has 0 radical (unpaired) electrons. The summed E-state index contributed by atoms with van der Waals surface area (Å²) in [5.41, 5.74) is 4.95. The van der Waals surface area contributed by atoms with Crippen molar-refractivity contribution in [1.29, 1.82) is 0 Å². The molecule has 0 fully saturated rings. The number of nitrogens with one attached hydrogen (secondary N) is 1. The number of para-hydroxylation sites is 1. The minimum Gasteiger partial charge on any atom is -0.365 e. The van der Waals surface area contributed by atoms with E-state index in [1.165, 1.54) is 22.5 Å². The van der Waals surface area contributed by atoms with E-state index in [1.807, 2.05) is 18.7 Å². The lowest BCUT2D eigenvalue weighted by atomic mass is 9.96. The minimum absolute atomic E-state index is 0.221. The number of fused-ring (bicyclic) bond motifs is 5. The highest BCUT2D eigenvalue weighted by Crippen LogP contribution is 2.34. The molecule has 0 saturated carbocycles. The van der Waals surface area contributed by atoms with Crippen LogP contribution in [-0.2, 0) is 6.42 Å². The maximum absolute atomic E-state index is 4.26. The quantitative estimate of drug-likeness (QED) is 0.760. The zero-order valence-electron chi connectivity index (χ0n) is 9.74. The van der Waals surface area contributed by atoms with E-state index in [0.29, 0.717) is 0 Å². The predicted molar refractivity (Wildman–Crippen MR) is 69.7 cm³/mol. The van der Waals surface area contributed by atoms with Crippen LogP contribution in [-0.4, -0.2) is 15.9 Å². The first kappa shape index (κ1) is 9.65. The van der Waals surface area contributed by atoms with Crippen LogP contribution in [0, 0.1) is 0 Å². The van der Waals surface area contributed by atoms with E-state index in [0.717, 1.165) is 6.42 Å². The Morgan fingerprint density at radius 1 is 1.28 bits per heavy atom. The van der Waals surface area contributed by atoms with E-state index < -0.39 is 0 Å². The molecular weight excluding hydrogens is 224 g/mol. The molecule has 2 aromatic rings. The molecular formula is C14H12N4. The number of hydrogen-bond acceptors (Lipinski definition) is 3. The van der Waals surface area contributed by atoms with Crippen molar-refractivity contribution in [3.05, 3.63) is 59.8 Å². The van der Waals surface area contributed by atoms with Crippen molar-refractivity contribution in [2.24, 2.45) is 4.99 Å². The van der Waals surface area contributed by atoms with Crippen LogP contribution in [0.15, 0.2) is 53.6 Å². The molecule has 1 aromatic carbocycles. The molecule has 2 aliphatic heterocycles. The number of aromatic nitrogens is 2. The Kier molecular flexibility index (Phi) is 1.91. The molecule has 1 aromatic heterocycles. The summed E-state index contributed by atoms with van der Waals surface area (Å²) in [6.45, 7) is 0. The molecule has 1 N–H and O–H groups in total. The molecule has 1 unspecified atom stereocenters. The summed E-state index contributed by atoms with van der Waals surface area (Å²) in [6, 6.07) is 8.66. The van der Waals surface area contributed by atoms with Gasteiger partial charge < -0.3 is 9.88 Å². The predicted octanol–water partition coefficient (Wildman–Crippen LogP) is 1.98. The van der Waals surface area contributed by atoms with Gasteiger partial charge in [0.1, 0.15) is 0 Å². The SMILES string of the molecule is C1=NC=C2Cc3cncn3-c3ccccc3C2N1. The number of aliphatic imine (C=N–C) groups is 1. The van der Waals surface area contributed by atoms with Crippen LogP contribution in [0.25, 0.3) is 5.69 Å². The van der Waals surface area contributed by atoms with Crippen molar-refractivity contribution in [2.45, 2.75) is 12.5 Å². The summed E-state index contributed by atoms with van der Waals surface area (Å²) in [7, 11) is 0. The Morgan fingerprint density at radius 3 is 3.22 bits per heavy atom. The van der Waals surface area contributed by atoms with Crippen LogP contribution in [0.5, 0.6) is 0 Å². The van der Waals surface area contributed by atoms with Crippen LogP contribution in [0.4, 0.5) is 0 Å². The fourth-order valence-electron chi connectivity index (χ4n) is 2.70. The Labute approximate surface area is 105 Å². The van der Waals surface area contributed by atoms with Crippen molar-refractivity contribution in [2.75, 3.05) is 0 Å². The van der Waals surface area contributed by atoms with Crippen molar-refractivity contribution in [3.63, 3.8) is 0 Å². The molecule has 3 heterocycles. The molecule has 1 atom stereocenters. The Bertz CT molecular complexity index is 666. The van der Waals surface area contributed by atoms with Crippen LogP contribution in [0.3, 0.4) is 0 Å². The summed E-state index contributed by atoms with van der Waals surface area (Å²) in [4.78, 5) is 8.46. The minimum atomic E-state index is 0.221. The van der Waals surface area contributed by atoms with E-state index >= 15 is 0 Å². The molecule has 18 heavy (non-hydrogen) atoms. The Hall–Kier alpha value is -2.36. The monoisotopic (exact) mass is 236 g/mol. The fourth-order valence-corrected chi connectivity index (χ4v) is 2.70. The molecule has 0 bridgehead atoms. The fraction of sp³-hybridized carbons (Fsp3) is 0.143. The third kappa shape index (κ3) is 1.26. The van der Waals surface area contributed by atoms with Crippen molar-refractivity contribution in [3.8, 4) is 5.69 Å². The van der Waals surface area contributed by atoms with E-state index in [2.05, 4.69) is 44.1 Å². The number of hydrogen-bond donors (Lipinski definition) is 1. The normalized spacial score (nSPS) is 20.0. The van der Waals surface area contributed by atoms with Gasteiger partial charge in [-0.1, -0.05) is 18.2 Å². The Balaban J connectivity index is 2.02. The number of rotatable bonds is 0. The summed E-state index contributed by atoms with van der Waals surface area (Å²) in [5.74, 6) is 0. The lowest BCUT2D eigenvalue weighted by Crippen LogP contribution is -2.24. The molecule has 88 valence electrons. The standard InChI is InChI=1S/C14H12N4/c1-2-4-13-12(3-1)14-10(6-15-8-17-14)5-11-7-16-9-18(11)13/h1-4,6-9,14H,5H2,(H,15,17). The second kappa shape index (κ2) is 3.57. The molecule has 0 amide bonds. The van der Waals surface area contributed by atoms with E-state index in [1.54, 1.807) is 6.34 Å². The second-order valence-corrected chi connectivity index (χ2v) is 4.57. The highest BCUT2D eigenvalue weighted by atomic mass is 15.1. The van der Waals surface area contributed by atoms with Gasteiger partial charge in [-0.15, -0.1) is 0 Å². The summed E-state index contributed by atoms with van der Waals surface area (Å²) >= 11 is 0. The molecule has 4 heteroatoms. The van der Waals surface area contributed by atoms with Gasteiger partial charge in [-0.2, -0.15) is 0 Å². The van der Waals surface area contributed by atoms with Crippen LogP contribution >= 0.6 is 0 Å². The van der Waals surface area contributed by atoms with E-state index in [9.17, 15) is 0 Å². The van der Waals surface area contributed by atoms with Gasteiger partial charge in [0.15, 0.2) is 0 Å². The van der Waals surface area contributed by atoms with Crippen LogP contribution in [0.2, 0.25) is 0 Å². The van der Waals surface area contributed by atoms with Gasteiger partial charge in [0.05, 0.1) is 24.4 Å². The topological polar surface area (TPSA) is 42.2 Å². The Morgan fingerprint density at radius 2 is 2.22 bits per heavy atom. The van der Waals surface area contributed by atoms with Gasteiger partial charge in [0.25, 0.3) is 0 Å². The number of nitrogens with zero attached hydrogens (tertiary/aromatic N) is 3. The maximum atomic E-state index is 4.26. The smallest absolute Gasteiger partial charge is 0.0994 e.